The Morgan fingerprint density at radius 3 is 1.12 bits per heavy atom. The molecule has 0 nitrogen and oxygen atoms in total. The molecular formula is C42H30. The average Bonchev–Trinajstić information content (AvgIpc) is 3.61. The molecule has 0 bridgehead atoms. The molecule has 0 unspecified atom stereocenters. The third-order valence-corrected chi connectivity index (χ3v) is 8.73. The highest BCUT2D eigenvalue weighted by Gasteiger charge is 2.18. The normalized spacial score (nSPS) is 12.9. The van der Waals surface area contributed by atoms with Gasteiger partial charge in [0.25, 0.3) is 0 Å². The van der Waals surface area contributed by atoms with Gasteiger partial charge in [0, 0.05) is 0 Å². The Bertz CT molecular complexity index is 1850. The van der Waals surface area contributed by atoms with Gasteiger partial charge in [0.05, 0.1) is 0 Å². The van der Waals surface area contributed by atoms with Crippen molar-refractivity contribution in [2.75, 3.05) is 0 Å². The van der Waals surface area contributed by atoms with Crippen LogP contribution in [0.5, 0.6) is 0 Å². The van der Waals surface area contributed by atoms with Crippen LogP contribution >= 0.6 is 0 Å². The number of hydrogen-bond donors (Lipinski definition) is 0. The van der Waals surface area contributed by atoms with Crippen LogP contribution in [0.15, 0.2) is 133 Å². The van der Waals surface area contributed by atoms with Crippen LogP contribution in [0, 0.1) is 0 Å². The molecule has 0 saturated carbocycles. The second-order valence-electron chi connectivity index (χ2n) is 11.4. The summed E-state index contributed by atoms with van der Waals surface area (Å²) in [5, 5.41) is 0. The lowest BCUT2D eigenvalue weighted by Gasteiger charge is -2.05. The molecule has 0 N–H and O–H groups in total. The standard InChI is InChI=1S/C42H30/c1-3-7-39-35(5-1)27-37-25-31(17-23-41(37)39)11-9-29-13-19-33(20-14-29)34-21-15-30(16-22-34)10-12-32-18-24-42-38(26-32)28-36-6-2-4-8-40(36)42/h1-26H,27-28H2/b11-9+,12-10+. The van der Waals surface area contributed by atoms with Gasteiger partial charge >= 0.3 is 0 Å². The molecule has 0 spiro atoms. The van der Waals surface area contributed by atoms with Crippen molar-refractivity contribution in [3.63, 3.8) is 0 Å². The summed E-state index contributed by atoms with van der Waals surface area (Å²) in [4.78, 5) is 0. The summed E-state index contributed by atoms with van der Waals surface area (Å²) in [5.41, 5.74) is 18.6. The molecule has 0 aliphatic heterocycles. The zero-order valence-electron chi connectivity index (χ0n) is 23.4. The van der Waals surface area contributed by atoms with Crippen LogP contribution in [-0.2, 0) is 12.8 Å². The van der Waals surface area contributed by atoms with Gasteiger partial charge in [-0.25, -0.2) is 0 Å². The van der Waals surface area contributed by atoms with Gasteiger partial charge in [-0.2, -0.15) is 0 Å². The molecule has 198 valence electrons. The molecule has 42 heavy (non-hydrogen) atoms. The Kier molecular flexibility index (Phi) is 6.04. The van der Waals surface area contributed by atoms with Crippen molar-refractivity contribution in [2.24, 2.45) is 0 Å². The topological polar surface area (TPSA) is 0 Å². The Balaban J connectivity index is 0.928. The maximum Gasteiger partial charge on any atom is -0.00132 e. The summed E-state index contributed by atoms with van der Waals surface area (Å²) in [6, 6.07) is 48.8. The van der Waals surface area contributed by atoms with Crippen molar-refractivity contribution in [3.05, 3.63) is 178 Å². The minimum Gasteiger partial charge on any atom is -0.0619 e. The third-order valence-electron chi connectivity index (χ3n) is 8.73. The van der Waals surface area contributed by atoms with Crippen molar-refractivity contribution in [3.8, 4) is 33.4 Å². The predicted octanol–water partition coefficient (Wildman–Crippen LogP) is 10.8. The van der Waals surface area contributed by atoms with E-state index in [1.165, 1.54) is 77.9 Å². The van der Waals surface area contributed by atoms with Gasteiger partial charge in [0.15, 0.2) is 0 Å². The molecule has 0 heteroatoms. The van der Waals surface area contributed by atoms with Gasteiger partial charge in [-0.05, 0) is 90.7 Å². The lowest BCUT2D eigenvalue weighted by molar-refractivity contribution is 1.26. The first-order valence-electron chi connectivity index (χ1n) is 14.8. The quantitative estimate of drug-likeness (QED) is 0.193. The highest BCUT2D eigenvalue weighted by Crippen LogP contribution is 2.38. The van der Waals surface area contributed by atoms with Crippen molar-refractivity contribution in [1.82, 2.24) is 0 Å². The summed E-state index contributed by atoms with van der Waals surface area (Å²) < 4.78 is 0. The van der Waals surface area contributed by atoms with E-state index in [9.17, 15) is 0 Å². The van der Waals surface area contributed by atoms with E-state index in [4.69, 9.17) is 0 Å². The lowest BCUT2D eigenvalue weighted by Crippen LogP contribution is -1.83. The maximum absolute atomic E-state index is 2.33. The van der Waals surface area contributed by atoms with E-state index in [0.29, 0.717) is 0 Å². The van der Waals surface area contributed by atoms with Crippen LogP contribution < -0.4 is 0 Å². The molecule has 0 saturated heterocycles. The molecule has 0 aromatic heterocycles. The van der Waals surface area contributed by atoms with Gasteiger partial charge < -0.3 is 0 Å². The first-order valence-corrected chi connectivity index (χ1v) is 14.8. The molecule has 0 fully saturated rings. The lowest BCUT2D eigenvalue weighted by atomic mass is 10.0. The van der Waals surface area contributed by atoms with E-state index in [1.54, 1.807) is 0 Å². The molecule has 0 heterocycles. The van der Waals surface area contributed by atoms with Gasteiger partial charge in [-0.3, -0.25) is 0 Å². The Labute approximate surface area is 248 Å². The van der Waals surface area contributed by atoms with Gasteiger partial charge in [0.1, 0.15) is 0 Å². The first kappa shape index (κ1) is 24.6. The van der Waals surface area contributed by atoms with E-state index >= 15 is 0 Å². The van der Waals surface area contributed by atoms with E-state index in [0.717, 1.165) is 12.8 Å². The van der Waals surface area contributed by atoms with Crippen LogP contribution in [0.4, 0.5) is 0 Å². The Morgan fingerprint density at radius 2 is 0.667 bits per heavy atom. The van der Waals surface area contributed by atoms with Gasteiger partial charge in [-0.15, -0.1) is 0 Å². The fourth-order valence-corrected chi connectivity index (χ4v) is 6.50. The van der Waals surface area contributed by atoms with Crippen LogP contribution in [0.2, 0.25) is 0 Å². The van der Waals surface area contributed by atoms with Crippen molar-refractivity contribution >= 4 is 24.3 Å². The molecule has 6 aromatic rings. The largest absolute Gasteiger partial charge is 0.0619 e. The molecule has 2 aliphatic carbocycles. The highest BCUT2D eigenvalue weighted by molar-refractivity contribution is 5.81. The third kappa shape index (κ3) is 4.62. The maximum atomic E-state index is 2.33. The second-order valence-corrected chi connectivity index (χ2v) is 11.4. The smallest absolute Gasteiger partial charge is 0.00132 e. The zero-order valence-corrected chi connectivity index (χ0v) is 23.4. The highest BCUT2D eigenvalue weighted by atomic mass is 14.2. The van der Waals surface area contributed by atoms with Gasteiger partial charge in [0.2, 0.25) is 0 Å². The second kappa shape index (κ2) is 10.3. The fourth-order valence-electron chi connectivity index (χ4n) is 6.50. The van der Waals surface area contributed by atoms with Crippen LogP contribution in [0.3, 0.4) is 0 Å². The fraction of sp³-hybridized carbons (Fsp3) is 0.0476. The van der Waals surface area contributed by atoms with Gasteiger partial charge in [-0.1, -0.05) is 158 Å². The molecular weight excluding hydrogens is 504 g/mol. The number of benzene rings is 6. The summed E-state index contributed by atoms with van der Waals surface area (Å²) in [7, 11) is 0. The summed E-state index contributed by atoms with van der Waals surface area (Å²) in [6.07, 6.45) is 10.9. The van der Waals surface area contributed by atoms with E-state index in [2.05, 4.69) is 158 Å². The van der Waals surface area contributed by atoms with Crippen molar-refractivity contribution < 1.29 is 0 Å². The predicted molar refractivity (Wildman–Crippen MR) is 179 cm³/mol. The Morgan fingerprint density at radius 1 is 0.310 bits per heavy atom. The first-order chi connectivity index (χ1) is 20.8. The minimum atomic E-state index is 1.03. The number of hydrogen-bond acceptors (Lipinski definition) is 0. The summed E-state index contributed by atoms with van der Waals surface area (Å²) >= 11 is 0. The van der Waals surface area contributed by atoms with Crippen molar-refractivity contribution in [2.45, 2.75) is 12.8 Å². The molecule has 0 radical (unpaired) electrons. The van der Waals surface area contributed by atoms with Crippen LogP contribution in [-0.4, -0.2) is 0 Å². The molecule has 2 aliphatic rings. The zero-order chi connectivity index (χ0) is 27.9. The molecule has 8 rings (SSSR count). The monoisotopic (exact) mass is 534 g/mol. The minimum absolute atomic E-state index is 1.03. The van der Waals surface area contributed by atoms with E-state index in [-0.39, 0.29) is 0 Å². The number of fused-ring (bicyclic) bond motifs is 6. The molecule has 0 amide bonds. The van der Waals surface area contributed by atoms with E-state index < -0.39 is 0 Å². The summed E-state index contributed by atoms with van der Waals surface area (Å²) in [5.74, 6) is 0. The molecule has 6 aromatic carbocycles. The average molecular weight is 535 g/mol. The van der Waals surface area contributed by atoms with E-state index in [1.807, 2.05) is 0 Å². The SMILES string of the molecule is C(=C\c1ccc2c(c1)Cc1ccccc1-2)/c1ccc(-c2ccc(/C=C/c3ccc4c(c3)Cc3ccccc3-4)cc2)cc1. The van der Waals surface area contributed by atoms with Crippen LogP contribution in [0.1, 0.15) is 44.5 Å². The van der Waals surface area contributed by atoms with Crippen LogP contribution in [0.25, 0.3) is 57.7 Å². The summed E-state index contributed by atoms with van der Waals surface area (Å²) in [6.45, 7) is 0. The number of rotatable bonds is 5. The van der Waals surface area contributed by atoms with Crippen molar-refractivity contribution in [1.29, 1.82) is 0 Å². The molecule has 0 atom stereocenters. The Hall–Kier alpha value is -5.20.